The monoisotopic (exact) mass is 354 g/mol. The summed E-state index contributed by atoms with van der Waals surface area (Å²) < 4.78 is 5.37. The fourth-order valence-electron chi connectivity index (χ4n) is 2.13. The Morgan fingerprint density at radius 2 is 2.05 bits per heavy atom. The quantitative estimate of drug-likeness (QED) is 0.821. The first-order valence-electron chi connectivity index (χ1n) is 6.41. The van der Waals surface area contributed by atoms with E-state index in [2.05, 4.69) is 26.0 Å². The van der Waals surface area contributed by atoms with Gasteiger partial charge in [0.2, 0.25) is 11.8 Å². The van der Waals surface area contributed by atoms with Gasteiger partial charge in [0.25, 0.3) is 0 Å². The van der Waals surface area contributed by atoms with Crippen LogP contribution in [0.15, 0.2) is 28.7 Å². The molecule has 0 aliphatic carbocycles. The van der Waals surface area contributed by atoms with Crippen LogP contribution >= 0.6 is 15.9 Å². The number of nitrogens with zero attached hydrogens (tertiary/aromatic N) is 1. The van der Waals surface area contributed by atoms with Crippen molar-refractivity contribution in [2.45, 2.75) is 6.42 Å². The van der Waals surface area contributed by atoms with Crippen molar-refractivity contribution in [1.82, 2.24) is 5.32 Å². The first-order chi connectivity index (χ1) is 10.0. The van der Waals surface area contributed by atoms with Crippen molar-refractivity contribution in [3.63, 3.8) is 0 Å². The molecule has 1 heterocycles. The zero-order valence-corrected chi connectivity index (χ0v) is 13.1. The van der Waals surface area contributed by atoms with Crippen LogP contribution in [0.2, 0.25) is 0 Å². The lowest BCUT2D eigenvalue weighted by Gasteiger charge is -2.16. The van der Waals surface area contributed by atoms with Crippen LogP contribution in [0.25, 0.3) is 0 Å². The molecule has 1 aliphatic rings. The van der Waals surface area contributed by atoms with Crippen LogP contribution in [-0.2, 0) is 19.1 Å². The molecule has 0 radical (unpaired) electrons. The van der Waals surface area contributed by atoms with Gasteiger partial charge in [0.1, 0.15) is 6.54 Å². The molecule has 2 amide bonds. The number of benzene rings is 1. The van der Waals surface area contributed by atoms with Gasteiger partial charge in [0, 0.05) is 23.1 Å². The number of carbonyl (C=O) groups excluding carboxylic acids is 3. The van der Waals surface area contributed by atoms with E-state index in [9.17, 15) is 14.4 Å². The van der Waals surface area contributed by atoms with E-state index >= 15 is 0 Å². The van der Waals surface area contributed by atoms with Gasteiger partial charge < -0.3 is 15.0 Å². The summed E-state index contributed by atoms with van der Waals surface area (Å²) in [4.78, 5) is 36.5. The average molecular weight is 355 g/mol. The maximum absolute atomic E-state index is 12.0. The number of hydrogen-bond acceptors (Lipinski definition) is 4. The molecule has 1 fully saturated rings. The Morgan fingerprint density at radius 1 is 1.38 bits per heavy atom. The van der Waals surface area contributed by atoms with E-state index in [-0.39, 0.29) is 24.8 Å². The number of rotatable bonds is 4. The van der Waals surface area contributed by atoms with Crippen molar-refractivity contribution in [3.05, 3.63) is 28.7 Å². The van der Waals surface area contributed by atoms with Gasteiger partial charge >= 0.3 is 5.97 Å². The van der Waals surface area contributed by atoms with E-state index in [0.717, 1.165) is 10.2 Å². The lowest BCUT2D eigenvalue weighted by atomic mass is 10.1. The van der Waals surface area contributed by atoms with Crippen LogP contribution in [0, 0.1) is 5.92 Å². The zero-order chi connectivity index (χ0) is 15.4. The molecule has 0 bridgehead atoms. The topological polar surface area (TPSA) is 75.7 Å². The molecule has 0 spiro atoms. The van der Waals surface area contributed by atoms with E-state index in [4.69, 9.17) is 0 Å². The van der Waals surface area contributed by atoms with Crippen LogP contribution in [0.1, 0.15) is 6.42 Å². The summed E-state index contributed by atoms with van der Waals surface area (Å²) in [7, 11) is 1.25. The molecule has 1 atom stereocenters. The van der Waals surface area contributed by atoms with E-state index in [1.165, 1.54) is 7.11 Å². The first-order valence-corrected chi connectivity index (χ1v) is 7.21. The molecule has 7 heteroatoms. The number of ether oxygens (including phenoxy) is 1. The minimum Gasteiger partial charge on any atom is -0.468 e. The van der Waals surface area contributed by atoms with Crippen molar-refractivity contribution in [2.24, 2.45) is 5.92 Å². The second-order valence-corrected chi connectivity index (χ2v) is 5.59. The lowest BCUT2D eigenvalue weighted by molar-refractivity contribution is -0.141. The molecule has 1 N–H and O–H groups in total. The average Bonchev–Trinajstić information content (AvgIpc) is 2.87. The number of methoxy groups -OCH3 is 1. The van der Waals surface area contributed by atoms with E-state index in [1.807, 2.05) is 24.3 Å². The molecule has 1 aromatic carbocycles. The zero-order valence-electron chi connectivity index (χ0n) is 11.5. The smallest absolute Gasteiger partial charge is 0.325 e. The highest BCUT2D eigenvalue weighted by atomic mass is 79.9. The third kappa shape index (κ3) is 3.81. The summed E-state index contributed by atoms with van der Waals surface area (Å²) in [5.74, 6) is -1.38. The molecular formula is C14H15BrN2O4. The molecule has 6 nitrogen and oxygen atoms in total. The molecule has 1 aliphatic heterocycles. The van der Waals surface area contributed by atoms with Crippen LogP contribution in [0.3, 0.4) is 0 Å². The standard InChI is InChI=1S/C14H15BrN2O4/c1-21-13(19)7-16-14(20)9-6-12(18)17(8-9)11-4-2-10(15)3-5-11/h2-5,9H,6-8H2,1H3,(H,16,20). The van der Waals surface area contributed by atoms with Crippen LogP contribution in [0.4, 0.5) is 5.69 Å². The number of amides is 2. The fourth-order valence-corrected chi connectivity index (χ4v) is 2.39. The summed E-state index contributed by atoms with van der Waals surface area (Å²) in [6.07, 6.45) is 0.142. The van der Waals surface area contributed by atoms with Gasteiger partial charge in [-0.2, -0.15) is 0 Å². The SMILES string of the molecule is COC(=O)CNC(=O)C1CC(=O)N(c2ccc(Br)cc2)C1. The van der Waals surface area contributed by atoms with Crippen LogP contribution in [-0.4, -0.2) is 38.0 Å². The summed E-state index contributed by atoms with van der Waals surface area (Å²) in [5, 5.41) is 2.48. The molecule has 0 aromatic heterocycles. The van der Waals surface area contributed by atoms with Crippen molar-refractivity contribution < 1.29 is 19.1 Å². The van der Waals surface area contributed by atoms with E-state index in [0.29, 0.717) is 6.54 Å². The van der Waals surface area contributed by atoms with Crippen molar-refractivity contribution in [1.29, 1.82) is 0 Å². The van der Waals surface area contributed by atoms with Crippen molar-refractivity contribution in [3.8, 4) is 0 Å². The Bertz CT molecular complexity index is 559. The summed E-state index contributed by atoms with van der Waals surface area (Å²) >= 11 is 3.33. The van der Waals surface area contributed by atoms with Gasteiger partial charge in [-0.15, -0.1) is 0 Å². The summed E-state index contributed by atoms with van der Waals surface area (Å²) in [5.41, 5.74) is 0.756. The van der Waals surface area contributed by atoms with Gasteiger partial charge in [0.15, 0.2) is 0 Å². The van der Waals surface area contributed by atoms with E-state index in [1.54, 1.807) is 4.90 Å². The number of nitrogens with one attached hydrogen (secondary N) is 1. The maximum atomic E-state index is 12.0. The van der Waals surface area contributed by atoms with Crippen molar-refractivity contribution >= 4 is 39.4 Å². The van der Waals surface area contributed by atoms with Gasteiger partial charge in [-0.1, -0.05) is 15.9 Å². The van der Waals surface area contributed by atoms with E-state index < -0.39 is 11.9 Å². The van der Waals surface area contributed by atoms with Crippen molar-refractivity contribution in [2.75, 3.05) is 25.1 Å². The molecule has 21 heavy (non-hydrogen) atoms. The Morgan fingerprint density at radius 3 is 2.67 bits per heavy atom. The molecule has 1 saturated heterocycles. The predicted molar refractivity (Wildman–Crippen MR) is 79.6 cm³/mol. The second-order valence-electron chi connectivity index (χ2n) is 4.68. The molecule has 2 rings (SSSR count). The Labute approximate surface area is 130 Å². The molecule has 112 valence electrons. The Kier molecular flexibility index (Phi) is 4.95. The second kappa shape index (κ2) is 6.71. The highest BCUT2D eigenvalue weighted by Crippen LogP contribution is 2.26. The van der Waals surface area contributed by atoms with Crippen LogP contribution in [0.5, 0.6) is 0 Å². The highest BCUT2D eigenvalue weighted by Gasteiger charge is 2.35. The summed E-state index contributed by atoms with van der Waals surface area (Å²) in [6, 6.07) is 7.31. The summed E-state index contributed by atoms with van der Waals surface area (Å²) in [6.45, 7) is 0.131. The number of hydrogen-bond donors (Lipinski definition) is 1. The normalized spacial score (nSPS) is 17.7. The third-order valence-corrected chi connectivity index (χ3v) is 3.80. The highest BCUT2D eigenvalue weighted by molar-refractivity contribution is 9.10. The predicted octanol–water partition coefficient (Wildman–Crippen LogP) is 1.09. The maximum Gasteiger partial charge on any atom is 0.325 e. The third-order valence-electron chi connectivity index (χ3n) is 3.27. The minimum atomic E-state index is -0.516. The number of halogens is 1. The number of carbonyl (C=O) groups is 3. The Balaban J connectivity index is 1.97. The Hall–Kier alpha value is -1.89. The number of esters is 1. The minimum absolute atomic E-state index is 0.101. The molecule has 1 unspecified atom stereocenters. The van der Waals surface area contributed by atoms with Gasteiger partial charge in [-0.3, -0.25) is 14.4 Å². The largest absolute Gasteiger partial charge is 0.468 e. The molecule has 0 saturated carbocycles. The first kappa shape index (κ1) is 15.5. The van der Waals surface area contributed by atoms with Gasteiger partial charge in [-0.25, -0.2) is 0 Å². The number of anilines is 1. The van der Waals surface area contributed by atoms with Gasteiger partial charge in [0.05, 0.1) is 13.0 Å². The molecular weight excluding hydrogens is 340 g/mol. The lowest BCUT2D eigenvalue weighted by Crippen LogP contribution is -2.36. The molecule has 1 aromatic rings. The fraction of sp³-hybridized carbons (Fsp3) is 0.357. The van der Waals surface area contributed by atoms with Crippen LogP contribution < -0.4 is 10.2 Å². The van der Waals surface area contributed by atoms with Gasteiger partial charge in [-0.05, 0) is 24.3 Å².